The maximum absolute atomic E-state index is 6.58. The molecule has 3 heteroatoms. The maximum atomic E-state index is 6.58. The van der Waals surface area contributed by atoms with Crippen LogP contribution in [0.3, 0.4) is 0 Å². The van der Waals surface area contributed by atoms with Crippen LogP contribution in [-0.4, -0.2) is 0 Å². The SMILES string of the molecule is c1ccc(-c2ccc(N(c3cccc(-c4ccc5c(c4)oc4ccccc45)c3)c3ccc4oc5ccccc5c4c3-c3ccc4c(ccc5ccccc54)c3)cc2)cc1. The zero-order chi connectivity index (χ0) is 38.9. The van der Waals surface area contributed by atoms with Crippen LogP contribution in [0.2, 0.25) is 0 Å². The minimum absolute atomic E-state index is 0.857. The lowest BCUT2D eigenvalue weighted by Crippen LogP contribution is -2.11. The highest BCUT2D eigenvalue weighted by atomic mass is 16.3. The standard InChI is InChI=1S/C56H35NO2/c1-2-11-36(12-3-1)37-23-27-43(28-24-37)57(44-15-10-14-39(34-44)40-25-30-48-47-17-6-8-19-51(47)59-54(48)35-40)50-31-32-53-56(49-18-7-9-20-52(49)58-53)55(50)42-26-29-46-41(33-42)22-21-38-13-4-5-16-45(38)46/h1-35H. The molecule has 12 rings (SSSR count). The first kappa shape index (κ1) is 33.3. The Hall–Kier alpha value is -7.88. The number of furan rings is 2. The van der Waals surface area contributed by atoms with Crippen LogP contribution in [0, 0.1) is 0 Å². The van der Waals surface area contributed by atoms with Crippen LogP contribution in [0.5, 0.6) is 0 Å². The number of nitrogens with zero attached hydrogens (tertiary/aromatic N) is 1. The lowest BCUT2D eigenvalue weighted by molar-refractivity contribution is 0.668. The summed E-state index contributed by atoms with van der Waals surface area (Å²) in [6.45, 7) is 0. The van der Waals surface area contributed by atoms with Gasteiger partial charge in [-0.1, -0.05) is 146 Å². The molecule has 0 N–H and O–H groups in total. The Kier molecular flexibility index (Phi) is 7.54. The third-order valence-corrected chi connectivity index (χ3v) is 11.8. The van der Waals surface area contributed by atoms with E-state index in [1.165, 1.54) is 32.7 Å². The lowest BCUT2D eigenvalue weighted by Gasteiger charge is -2.29. The van der Waals surface area contributed by atoms with Crippen molar-refractivity contribution in [3.63, 3.8) is 0 Å². The van der Waals surface area contributed by atoms with Crippen LogP contribution >= 0.6 is 0 Å². The van der Waals surface area contributed by atoms with Crippen LogP contribution in [0.4, 0.5) is 17.1 Å². The fraction of sp³-hybridized carbons (Fsp3) is 0. The maximum Gasteiger partial charge on any atom is 0.136 e. The Morgan fingerprint density at radius 3 is 1.75 bits per heavy atom. The predicted octanol–water partition coefficient (Wildman–Crippen LogP) is 16.3. The quantitative estimate of drug-likeness (QED) is 0.158. The van der Waals surface area contributed by atoms with Crippen LogP contribution in [0.25, 0.3) is 98.8 Å². The van der Waals surface area contributed by atoms with E-state index in [4.69, 9.17) is 8.83 Å². The molecule has 0 saturated heterocycles. The van der Waals surface area contributed by atoms with E-state index in [9.17, 15) is 0 Å². The van der Waals surface area contributed by atoms with Gasteiger partial charge in [0.1, 0.15) is 22.3 Å². The van der Waals surface area contributed by atoms with E-state index in [1.807, 2.05) is 18.2 Å². The number of hydrogen-bond donors (Lipinski definition) is 0. The molecular formula is C56H35NO2. The van der Waals surface area contributed by atoms with E-state index in [0.29, 0.717) is 0 Å². The van der Waals surface area contributed by atoms with Gasteiger partial charge in [0.15, 0.2) is 0 Å². The van der Waals surface area contributed by atoms with E-state index < -0.39 is 0 Å². The summed E-state index contributed by atoms with van der Waals surface area (Å²) in [5.74, 6) is 0. The summed E-state index contributed by atoms with van der Waals surface area (Å²) in [5, 5.41) is 9.35. The van der Waals surface area contributed by atoms with Gasteiger partial charge in [-0.25, -0.2) is 0 Å². The fourth-order valence-electron chi connectivity index (χ4n) is 9.04. The Morgan fingerprint density at radius 1 is 0.288 bits per heavy atom. The molecule has 0 unspecified atom stereocenters. The molecule has 2 heterocycles. The summed E-state index contributed by atoms with van der Waals surface area (Å²) in [4.78, 5) is 2.40. The molecule has 10 aromatic carbocycles. The topological polar surface area (TPSA) is 29.5 Å². The number of rotatable bonds is 6. The third-order valence-electron chi connectivity index (χ3n) is 11.8. The number of anilines is 3. The molecule has 0 aliphatic rings. The first-order valence-corrected chi connectivity index (χ1v) is 20.1. The van der Waals surface area contributed by atoms with E-state index in [1.54, 1.807) is 0 Å². The van der Waals surface area contributed by atoms with Crippen molar-refractivity contribution in [1.29, 1.82) is 0 Å². The molecule has 12 aromatic rings. The van der Waals surface area contributed by atoms with Crippen molar-refractivity contribution in [2.75, 3.05) is 4.90 Å². The number of hydrogen-bond acceptors (Lipinski definition) is 3. The fourth-order valence-corrected chi connectivity index (χ4v) is 9.04. The normalized spacial score (nSPS) is 11.7. The Morgan fingerprint density at radius 2 is 0.881 bits per heavy atom. The number of benzene rings is 10. The van der Waals surface area contributed by atoms with Gasteiger partial charge >= 0.3 is 0 Å². The van der Waals surface area contributed by atoms with E-state index >= 15 is 0 Å². The van der Waals surface area contributed by atoms with E-state index in [2.05, 4.69) is 199 Å². The molecule has 0 radical (unpaired) electrons. The summed E-state index contributed by atoms with van der Waals surface area (Å²) < 4.78 is 12.9. The zero-order valence-corrected chi connectivity index (χ0v) is 32.0. The van der Waals surface area contributed by atoms with Gasteiger partial charge < -0.3 is 13.7 Å². The minimum Gasteiger partial charge on any atom is -0.456 e. The van der Waals surface area contributed by atoms with Crippen LogP contribution in [-0.2, 0) is 0 Å². The van der Waals surface area contributed by atoms with Gasteiger partial charge in [-0.2, -0.15) is 0 Å². The summed E-state index contributed by atoms with van der Waals surface area (Å²) in [6, 6.07) is 75.9. The lowest BCUT2D eigenvalue weighted by atomic mass is 9.93. The molecule has 0 fully saturated rings. The minimum atomic E-state index is 0.857. The van der Waals surface area contributed by atoms with Gasteiger partial charge in [0.2, 0.25) is 0 Å². The highest BCUT2D eigenvalue weighted by Crippen LogP contribution is 2.48. The smallest absolute Gasteiger partial charge is 0.136 e. The molecule has 276 valence electrons. The van der Waals surface area contributed by atoms with Crippen molar-refractivity contribution in [3.8, 4) is 33.4 Å². The molecule has 0 aliphatic carbocycles. The van der Waals surface area contributed by atoms with Crippen LogP contribution in [0.15, 0.2) is 221 Å². The molecule has 0 saturated carbocycles. The summed E-state index contributed by atoms with van der Waals surface area (Å²) in [7, 11) is 0. The van der Waals surface area contributed by atoms with Crippen molar-refractivity contribution in [3.05, 3.63) is 212 Å². The molecule has 0 atom stereocenters. The molecule has 59 heavy (non-hydrogen) atoms. The Bertz CT molecular complexity index is 3560. The first-order valence-electron chi connectivity index (χ1n) is 20.1. The summed E-state index contributed by atoms with van der Waals surface area (Å²) in [6.07, 6.45) is 0. The Labute approximate surface area is 340 Å². The number of para-hydroxylation sites is 2. The first-order chi connectivity index (χ1) is 29.2. The van der Waals surface area contributed by atoms with Gasteiger partial charge in [0.05, 0.1) is 5.69 Å². The second kappa shape index (κ2) is 13.4. The Balaban J connectivity index is 1.10. The number of fused-ring (bicyclic) bond motifs is 9. The summed E-state index contributed by atoms with van der Waals surface area (Å²) >= 11 is 0. The van der Waals surface area contributed by atoms with Crippen LogP contribution in [0.1, 0.15) is 0 Å². The van der Waals surface area contributed by atoms with E-state index in [0.717, 1.165) is 83.2 Å². The molecule has 3 nitrogen and oxygen atoms in total. The molecule has 0 spiro atoms. The van der Waals surface area contributed by atoms with Crippen molar-refractivity contribution >= 4 is 82.5 Å². The highest BCUT2D eigenvalue weighted by molar-refractivity contribution is 6.18. The molecule has 0 aliphatic heterocycles. The van der Waals surface area contributed by atoms with Gasteiger partial charge in [-0.05, 0) is 116 Å². The van der Waals surface area contributed by atoms with Crippen molar-refractivity contribution < 1.29 is 8.83 Å². The second-order valence-corrected chi connectivity index (χ2v) is 15.3. The van der Waals surface area contributed by atoms with Crippen molar-refractivity contribution in [2.45, 2.75) is 0 Å². The monoisotopic (exact) mass is 753 g/mol. The highest BCUT2D eigenvalue weighted by Gasteiger charge is 2.23. The van der Waals surface area contributed by atoms with Gasteiger partial charge in [-0.3, -0.25) is 0 Å². The van der Waals surface area contributed by atoms with E-state index in [-0.39, 0.29) is 0 Å². The largest absolute Gasteiger partial charge is 0.456 e. The third kappa shape index (κ3) is 5.51. The average Bonchev–Trinajstić information content (AvgIpc) is 3.88. The van der Waals surface area contributed by atoms with Gasteiger partial charge in [0, 0.05) is 38.5 Å². The molecule has 2 aromatic heterocycles. The zero-order valence-electron chi connectivity index (χ0n) is 32.0. The van der Waals surface area contributed by atoms with Crippen molar-refractivity contribution in [2.24, 2.45) is 0 Å². The van der Waals surface area contributed by atoms with Gasteiger partial charge in [0.25, 0.3) is 0 Å². The predicted molar refractivity (Wildman–Crippen MR) is 247 cm³/mol. The van der Waals surface area contributed by atoms with Gasteiger partial charge in [-0.15, -0.1) is 0 Å². The molecule has 0 amide bonds. The molecule has 0 bridgehead atoms. The second-order valence-electron chi connectivity index (χ2n) is 15.3. The molecular weight excluding hydrogens is 719 g/mol. The van der Waals surface area contributed by atoms with Crippen molar-refractivity contribution in [1.82, 2.24) is 0 Å². The summed E-state index contributed by atoms with van der Waals surface area (Å²) in [5.41, 5.74) is 13.4. The average molecular weight is 754 g/mol. The van der Waals surface area contributed by atoms with Crippen LogP contribution < -0.4 is 4.90 Å².